The topological polar surface area (TPSA) is 90.0 Å². The van der Waals surface area contributed by atoms with Crippen LogP contribution in [0.25, 0.3) is 0 Å². The number of methoxy groups -OCH3 is 1. The van der Waals surface area contributed by atoms with Crippen LogP contribution in [0.15, 0.2) is 53.4 Å². The minimum atomic E-state index is -3.54. The molecule has 0 saturated carbocycles. The van der Waals surface area contributed by atoms with Crippen molar-refractivity contribution in [2.75, 3.05) is 20.2 Å². The van der Waals surface area contributed by atoms with Crippen LogP contribution in [0.5, 0.6) is 5.75 Å². The largest absolute Gasteiger partial charge is 0.465 e. The lowest BCUT2D eigenvalue weighted by molar-refractivity contribution is 0.0593. The molecule has 0 unspecified atom stereocenters. The highest BCUT2D eigenvalue weighted by Crippen LogP contribution is 2.23. The van der Waals surface area contributed by atoms with Gasteiger partial charge in [-0.25, -0.2) is 18.0 Å². The second-order valence-corrected chi connectivity index (χ2v) is 7.95. The first-order valence-electron chi connectivity index (χ1n) is 8.43. The molecule has 0 spiro atoms. The average molecular weight is 389 g/mol. The fourth-order valence-corrected chi connectivity index (χ4v) is 4.35. The van der Waals surface area contributed by atoms with Crippen molar-refractivity contribution in [3.63, 3.8) is 0 Å². The van der Waals surface area contributed by atoms with Crippen LogP contribution in [0.4, 0.5) is 0 Å². The fourth-order valence-electron chi connectivity index (χ4n) is 2.83. The maximum atomic E-state index is 12.5. The van der Waals surface area contributed by atoms with E-state index < -0.39 is 22.0 Å². The molecule has 142 valence electrons. The molecule has 0 bridgehead atoms. The molecule has 0 aliphatic carbocycles. The van der Waals surface area contributed by atoms with Crippen molar-refractivity contribution < 1.29 is 27.5 Å². The van der Waals surface area contributed by atoms with Gasteiger partial charge in [0.05, 0.1) is 17.6 Å². The molecular weight excluding hydrogens is 370 g/mol. The Balaban J connectivity index is 1.78. The van der Waals surface area contributed by atoms with Crippen LogP contribution in [0.1, 0.15) is 33.6 Å². The molecule has 1 saturated heterocycles. The van der Waals surface area contributed by atoms with Gasteiger partial charge in [-0.1, -0.05) is 12.1 Å². The van der Waals surface area contributed by atoms with Crippen LogP contribution in [0, 0.1) is 0 Å². The van der Waals surface area contributed by atoms with Crippen molar-refractivity contribution >= 4 is 22.0 Å². The second-order valence-electron chi connectivity index (χ2n) is 6.01. The number of hydrogen-bond acceptors (Lipinski definition) is 6. The summed E-state index contributed by atoms with van der Waals surface area (Å²) in [4.78, 5) is 24.2. The normalized spacial score (nSPS) is 14.7. The van der Waals surface area contributed by atoms with Gasteiger partial charge in [-0.3, -0.25) is 0 Å². The van der Waals surface area contributed by atoms with E-state index in [1.54, 1.807) is 12.1 Å². The molecule has 0 atom stereocenters. The molecule has 1 fully saturated rings. The second kappa shape index (κ2) is 7.89. The summed E-state index contributed by atoms with van der Waals surface area (Å²) >= 11 is 0. The number of carbonyl (C=O) groups is 2. The zero-order valence-corrected chi connectivity index (χ0v) is 15.6. The summed E-state index contributed by atoms with van der Waals surface area (Å²) < 4.78 is 36.4. The molecule has 2 aromatic rings. The van der Waals surface area contributed by atoms with Crippen LogP contribution in [0.2, 0.25) is 0 Å². The first-order chi connectivity index (χ1) is 12.9. The summed E-state index contributed by atoms with van der Waals surface area (Å²) in [7, 11) is -2.30. The summed E-state index contributed by atoms with van der Waals surface area (Å²) in [6.07, 6.45) is 1.70. The number of esters is 2. The lowest BCUT2D eigenvalue weighted by atomic mass is 10.2. The molecule has 27 heavy (non-hydrogen) atoms. The van der Waals surface area contributed by atoms with E-state index in [1.165, 1.54) is 47.8 Å². The number of carbonyl (C=O) groups excluding carboxylic acids is 2. The number of nitrogens with zero attached hydrogens (tertiary/aromatic N) is 1. The Morgan fingerprint density at radius 3 is 2.19 bits per heavy atom. The maximum absolute atomic E-state index is 12.5. The molecule has 0 N–H and O–H groups in total. The number of rotatable bonds is 5. The fraction of sp³-hybridized carbons (Fsp3) is 0.263. The van der Waals surface area contributed by atoms with Crippen molar-refractivity contribution in [2.24, 2.45) is 0 Å². The standard InChI is InChI=1S/C19H19NO6S/c1-25-19(22)16-6-2-3-7-17(16)26-18(21)14-8-10-15(11-9-14)27(23,24)20-12-4-5-13-20/h2-3,6-11H,4-5,12-13H2,1H3. The van der Waals surface area contributed by atoms with E-state index in [0.29, 0.717) is 13.1 Å². The number of hydrogen-bond donors (Lipinski definition) is 0. The van der Waals surface area contributed by atoms with Crippen LogP contribution in [-0.4, -0.2) is 44.9 Å². The first-order valence-corrected chi connectivity index (χ1v) is 9.87. The van der Waals surface area contributed by atoms with Gasteiger partial charge >= 0.3 is 11.9 Å². The van der Waals surface area contributed by atoms with E-state index in [0.717, 1.165) is 12.8 Å². The van der Waals surface area contributed by atoms with Gasteiger partial charge in [0.15, 0.2) is 0 Å². The van der Waals surface area contributed by atoms with Gasteiger partial charge in [-0.2, -0.15) is 4.31 Å². The highest BCUT2D eigenvalue weighted by Gasteiger charge is 2.27. The highest BCUT2D eigenvalue weighted by molar-refractivity contribution is 7.89. The predicted molar refractivity (Wildman–Crippen MR) is 97.2 cm³/mol. The number of para-hydroxylation sites is 1. The van der Waals surface area contributed by atoms with Crippen LogP contribution < -0.4 is 4.74 Å². The van der Waals surface area contributed by atoms with Crippen molar-refractivity contribution in [3.05, 3.63) is 59.7 Å². The molecule has 1 heterocycles. The summed E-state index contributed by atoms with van der Waals surface area (Å²) in [6.45, 7) is 1.02. The molecule has 3 rings (SSSR count). The third-order valence-corrected chi connectivity index (χ3v) is 6.20. The van der Waals surface area contributed by atoms with Crippen molar-refractivity contribution in [1.82, 2.24) is 4.31 Å². The quantitative estimate of drug-likeness (QED) is 0.576. The molecule has 1 aliphatic heterocycles. The smallest absolute Gasteiger partial charge is 0.343 e. The summed E-state index contributed by atoms with van der Waals surface area (Å²) in [5, 5.41) is 0. The Labute approximate surface area is 157 Å². The molecule has 0 radical (unpaired) electrons. The Morgan fingerprint density at radius 2 is 1.56 bits per heavy atom. The molecule has 1 aliphatic rings. The zero-order valence-electron chi connectivity index (χ0n) is 14.8. The highest BCUT2D eigenvalue weighted by atomic mass is 32.2. The van der Waals surface area contributed by atoms with Crippen molar-refractivity contribution in [2.45, 2.75) is 17.7 Å². The monoisotopic (exact) mass is 389 g/mol. The van der Waals surface area contributed by atoms with Gasteiger partial charge in [0.25, 0.3) is 0 Å². The SMILES string of the molecule is COC(=O)c1ccccc1OC(=O)c1ccc(S(=O)(=O)N2CCCC2)cc1. The molecule has 0 aromatic heterocycles. The average Bonchev–Trinajstić information content (AvgIpc) is 3.23. The molecule has 2 aromatic carbocycles. The summed E-state index contributed by atoms with van der Waals surface area (Å²) in [6, 6.07) is 11.8. The minimum absolute atomic E-state index is 0.0723. The molecular formula is C19H19NO6S. The van der Waals surface area contributed by atoms with Crippen LogP contribution in [-0.2, 0) is 14.8 Å². The lowest BCUT2D eigenvalue weighted by Gasteiger charge is -2.15. The van der Waals surface area contributed by atoms with Gasteiger partial charge < -0.3 is 9.47 Å². The van der Waals surface area contributed by atoms with Gasteiger partial charge in [-0.05, 0) is 49.2 Å². The van der Waals surface area contributed by atoms with Gasteiger partial charge in [0.1, 0.15) is 11.3 Å². The summed E-state index contributed by atoms with van der Waals surface area (Å²) in [5.74, 6) is -1.25. The lowest BCUT2D eigenvalue weighted by Crippen LogP contribution is -2.27. The Bertz CT molecular complexity index is 946. The maximum Gasteiger partial charge on any atom is 0.343 e. The van der Waals surface area contributed by atoms with Crippen molar-refractivity contribution in [1.29, 1.82) is 0 Å². The van der Waals surface area contributed by atoms with E-state index in [9.17, 15) is 18.0 Å². The zero-order chi connectivity index (χ0) is 19.4. The number of benzene rings is 2. The number of ether oxygens (including phenoxy) is 2. The van der Waals surface area contributed by atoms with E-state index in [-0.39, 0.29) is 21.8 Å². The third kappa shape index (κ3) is 4.01. The van der Waals surface area contributed by atoms with Crippen molar-refractivity contribution in [3.8, 4) is 5.75 Å². The van der Waals surface area contributed by atoms with E-state index in [4.69, 9.17) is 4.74 Å². The Kier molecular flexibility index (Phi) is 5.57. The van der Waals surface area contributed by atoms with Gasteiger partial charge in [0, 0.05) is 13.1 Å². The van der Waals surface area contributed by atoms with E-state index in [2.05, 4.69) is 4.74 Å². The van der Waals surface area contributed by atoms with Gasteiger partial charge in [-0.15, -0.1) is 0 Å². The Hall–Kier alpha value is -2.71. The first kappa shape index (κ1) is 19.1. The van der Waals surface area contributed by atoms with Gasteiger partial charge in [0.2, 0.25) is 10.0 Å². The van der Waals surface area contributed by atoms with E-state index >= 15 is 0 Å². The Morgan fingerprint density at radius 1 is 0.926 bits per heavy atom. The molecule has 0 amide bonds. The summed E-state index contributed by atoms with van der Waals surface area (Å²) in [5.41, 5.74) is 0.302. The van der Waals surface area contributed by atoms with Crippen LogP contribution in [0.3, 0.4) is 0 Å². The third-order valence-electron chi connectivity index (χ3n) is 4.29. The molecule has 8 heteroatoms. The predicted octanol–water partition coefficient (Wildman–Crippen LogP) is 2.48. The minimum Gasteiger partial charge on any atom is -0.465 e. The van der Waals surface area contributed by atoms with Crippen LogP contribution >= 0.6 is 0 Å². The number of sulfonamides is 1. The van der Waals surface area contributed by atoms with E-state index in [1.807, 2.05) is 0 Å². The molecule has 7 nitrogen and oxygen atoms in total.